The van der Waals surface area contributed by atoms with Gasteiger partial charge in [0.05, 0.1) is 14.8 Å². The number of carbonyl (C=O) groups is 1. The zero-order valence-corrected chi connectivity index (χ0v) is 22.4. The first-order valence-corrected chi connectivity index (χ1v) is 14.7. The summed E-state index contributed by atoms with van der Waals surface area (Å²) < 4.78 is 34.9. The number of nitrogens with one attached hydrogen (secondary N) is 3. The van der Waals surface area contributed by atoms with E-state index in [1.807, 2.05) is 0 Å². The van der Waals surface area contributed by atoms with Crippen molar-refractivity contribution in [2.24, 2.45) is 0 Å². The van der Waals surface area contributed by atoms with Crippen LogP contribution in [0.2, 0.25) is 0 Å². The molecule has 10 heteroatoms. The minimum atomic E-state index is -3.87. The lowest BCUT2D eigenvalue weighted by Crippen LogP contribution is -2.40. The van der Waals surface area contributed by atoms with Gasteiger partial charge in [-0.2, -0.15) is 0 Å². The molecule has 0 radical (unpaired) electrons. The molecular weight excluding hydrogens is 484 g/mol. The summed E-state index contributed by atoms with van der Waals surface area (Å²) in [6, 6.07) is 5.11. The van der Waals surface area contributed by atoms with E-state index in [0.717, 1.165) is 42.1 Å². The van der Waals surface area contributed by atoms with E-state index in [1.165, 1.54) is 25.3 Å². The standard InChI is InChI=1S/C25H36N4O4S2/c1-25(2,3)29-35(31,32)22-14-18(28-24(30)33-16-19-10-7-13-26-19)11-12-20(22)21-15-27-23(34-21)17-8-5-4-6-9-17/h11-12,14-15,17,19,26,29H,4-10,13,16H2,1-3H3,(H,28,30)/t19-/m0/s1. The van der Waals surface area contributed by atoms with Gasteiger partial charge in [0.2, 0.25) is 10.0 Å². The molecule has 35 heavy (non-hydrogen) atoms. The van der Waals surface area contributed by atoms with Crippen molar-refractivity contribution in [3.05, 3.63) is 29.4 Å². The molecule has 1 aliphatic heterocycles. The van der Waals surface area contributed by atoms with Crippen LogP contribution >= 0.6 is 11.3 Å². The monoisotopic (exact) mass is 520 g/mol. The summed E-state index contributed by atoms with van der Waals surface area (Å²) in [6.45, 7) is 6.61. The highest BCUT2D eigenvalue weighted by Crippen LogP contribution is 2.39. The van der Waals surface area contributed by atoms with Gasteiger partial charge in [-0.05, 0) is 65.1 Å². The van der Waals surface area contributed by atoms with Crippen molar-refractivity contribution in [3.63, 3.8) is 0 Å². The minimum absolute atomic E-state index is 0.113. The van der Waals surface area contributed by atoms with Crippen LogP contribution in [0.4, 0.5) is 10.5 Å². The van der Waals surface area contributed by atoms with Gasteiger partial charge in [-0.3, -0.25) is 5.32 Å². The van der Waals surface area contributed by atoms with Crippen LogP contribution in [-0.4, -0.2) is 44.2 Å². The molecule has 3 N–H and O–H groups in total. The van der Waals surface area contributed by atoms with E-state index in [1.54, 1.807) is 50.4 Å². The highest BCUT2D eigenvalue weighted by atomic mass is 32.2. The van der Waals surface area contributed by atoms with Gasteiger partial charge < -0.3 is 10.1 Å². The average Bonchev–Trinajstić information content (AvgIpc) is 3.49. The fraction of sp³-hybridized carbons (Fsp3) is 0.600. The van der Waals surface area contributed by atoms with Crippen LogP contribution in [0.5, 0.6) is 0 Å². The third kappa shape index (κ3) is 7.03. The number of benzene rings is 1. The third-order valence-electron chi connectivity index (χ3n) is 6.28. The highest BCUT2D eigenvalue weighted by molar-refractivity contribution is 7.89. The van der Waals surface area contributed by atoms with Crippen LogP contribution in [0.3, 0.4) is 0 Å². The number of thiazole rings is 1. The Morgan fingerprint density at radius 2 is 1.94 bits per heavy atom. The number of amides is 1. The lowest BCUT2D eigenvalue weighted by atomic mass is 9.90. The number of nitrogens with zero attached hydrogens (tertiary/aromatic N) is 1. The number of anilines is 1. The summed E-state index contributed by atoms with van der Waals surface area (Å²) in [7, 11) is -3.87. The second-order valence-corrected chi connectivity index (χ2v) is 13.2. The molecular formula is C25H36N4O4S2. The second-order valence-electron chi connectivity index (χ2n) is 10.5. The van der Waals surface area contributed by atoms with Crippen molar-refractivity contribution in [2.75, 3.05) is 18.5 Å². The van der Waals surface area contributed by atoms with Crippen LogP contribution in [0, 0.1) is 0 Å². The SMILES string of the molecule is CC(C)(C)NS(=O)(=O)c1cc(NC(=O)OC[C@@H]2CCCN2)ccc1-c1cnc(C2CCCCC2)s1. The molecule has 1 aliphatic carbocycles. The first-order chi connectivity index (χ1) is 16.6. The van der Waals surface area contributed by atoms with E-state index in [-0.39, 0.29) is 17.5 Å². The lowest BCUT2D eigenvalue weighted by Gasteiger charge is -2.22. The zero-order chi connectivity index (χ0) is 25.1. The highest BCUT2D eigenvalue weighted by Gasteiger charge is 2.27. The Morgan fingerprint density at radius 1 is 1.17 bits per heavy atom. The van der Waals surface area contributed by atoms with Gasteiger partial charge in [0.1, 0.15) is 6.61 Å². The third-order valence-corrected chi connectivity index (χ3v) is 9.27. The van der Waals surface area contributed by atoms with Gasteiger partial charge in [-0.15, -0.1) is 11.3 Å². The summed E-state index contributed by atoms with van der Waals surface area (Å²) in [4.78, 5) is 17.9. The lowest BCUT2D eigenvalue weighted by molar-refractivity contribution is 0.151. The maximum atomic E-state index is 13.4. The largest absolute Gasteiger partial charge is 0.448 e. The van der Waals surface area contributed by atoms with Crippen LogP contribution in [0.25, 0.3) is 10.4 Å². The van der Waals surface area contributed by atoms with Crippen LogP contribution in [0.1, 0.15) is 76.6 Å². The number of aromatic nitrogens is 1. The van der Waals surface area contributed by atoms with Crippen molar-refractivity contribution in [2.45, 2.75) is 88.1 Å². The molecule has 2 aliphatic rings. The molecule has 1 aromatic carbocycles. The summed E-state index contributed by atoms with van der Waals surface area (Å²) in [5.41, 5.74) is 0.285. The molecule has 8 nitrogen and oxygen atoms in total. The van der Waals surface area contributed by atoms with Gasteiger partial charge >= 0.3 is 6.09 Å². The van der Waals surface area contributed by atoms with Crippen LogP contribution in [-0.2, 0) is 14.8 Å². The molecule has 2 heterocycles. The van der Waals surface area contributed by atoms with E-state index in [9.17, 15) is 13.2 Å². The maximum Gasteiger partial charge on any atom is 0.411 e. The molecule has 1 saturated carbocycles. The molecule has 0 spiro atoms. The number of hydrogen-bond donors (Lipinski definition) is 3. The fourth-order valence-corrected chi connectivity index (χ4v) is 7.52. The Labute approximate surface area is 212 Å². The Bertz CT molecular complexity index is 1130. The zero-order valence-electron chi connectivity index (χ0n) is 20.7. The van der Waals surface area contributed by atoms with Crippen LogP contribution in [0.15, 0.2) is 29.3 Å². The Hall–Kier alpha value is -2.01. The predicted octanol–water partition coefficient (Wildman–Crippen LogP) is 5.24. The molecule has 1 atom stereocenters. The number of ether oxygens (including phenoxy) is 1. The molecule has 2 aromatic rings. The molecule has 192 valence electrons. The maximum absolute atomic E-state index is 13.4. The number of hydrogen-bond acceptors (Lipinski definition) is 7. The van der Waals surface area contributed by atoms with E-state index < -0.39 is 21.7 Å². The molecule has 2 fully saturated rings. The van der Waals surface area contributed by atoms with Gasteiger partial charge in [0, 0.05) is 34.9 Å². The number of carbonyl (C=O) groups excluding carboxylic acids is 1. The predicted molar refractivity (Wildman–Crippen MR) is 139 cm³/mol. The normalized spacial score (nSPS) is 19.6. The van der Waals surface area contributed by atoms with E-state index in [2.05, 4.69) is 20.3 Å². The molecule has 1 saturated heterocycles. The van der Waals surface area contributed by atoms with E-state index >= 15 is 0 Å². The Kier molecular flexibility index (Phi) is 8.15. The van der Waals surface area contributed by atoms with Gasteiger partial charge in [-0.25, -0.2) is 22.9 Å². The first kappa shape index (κ1) is 26.1. The smallest absolute Gasteiger partial charge is 0.411 e. The van der Waals surface area contributed by atoms with Gasteiger partial charge in [0.25, 0.3) is 0 Å². The molecule has 0 bridgehead atoms. The van der Waals surface area contributed by atoms with E-state index in [4.69, 9.17) is 4.74 Å². The number of rotatable bonds is 7. The summed E-state index contributed by atoms with van der Waals surface area (Å²) in [6.07, 6.45) is 9.16. The quantitative estimate of drug-likeness (QED) is 0.461. The molecule has 1 aromatic heterocycles. The van der Waals surface area contributed by atoms with Crippen LogP contribution < -0.4 is 15.4 Å². The molecule has 0 unspecified atom stereocenters. The minimum Gasteiger partial charge on any atom is -0.448 e. The van der Waals surface area contributed by atoms with Crippen molar-refractivity contribution in [1.82, 2.24) is 15.0 Å². The topological polar surface area (TPSA) is 109 Å². The fourth-order valence-electron chi connectivity index (χ4n) is 4.66. The van der Waals surface area contributed by atoms with Gasteiger partial charge in [-0.1, -0.05) is 25.3 Å². The van der Waals surface area contributed by atoms with Gasteiger partial charge in [0.15, 0.2) is 0 Å². The second kappa shape index (κ2) is 10.9. The summed E-state index contributed by atoms with van der Waals surface area (Å²) >= 11 is 1.56. The Morgan fingerprint density at radius 3 is 2.63 bits per heavy atom. The first-order valence-electron chi connectivity index (χ1n) is 12.4. The molecule has 1 amide bonds. The summed E-state index contributed by atoms with van der Waals surface area (Å²) in [5, 5.41) is 7.03. The van der Waals surface area contributed by atoms with Crippen molar-refractivity contribution >= 4 is 33.1 Å². The number of sulfonamides is 1. The van der Waals surface area contributed by atoms with Crippen molar-refractivity contribution < 1.29 is 17.9 Å². The average molecular weight is 521 g/mol. The van der Waals surface area contributed by atoms with Crippen molar-refractivity contribution in [3.8, 4) is 10.4 Å². The Balaban J connectivity index is 1.59. The summed E-state index contributed by atoms with van der Waals surface area (Å²) in [5.74, 6) is 0.445. The molecule has 4 rings (SSSR count). The van der Waals surface area contributed by atoms with Crippen molar-refractivity contribution in [1.29, 1.82) is 0 Å². The van der Waals surface area contributed by atoms with E-state index in [0.29, 0.717) is 17.2 Å².